The molecular weight excluding hydrogens is 122 g/mol. The molecule has 0 radical (unpaired) electrons. The van der Waals surface area contributed by atoms with E-state index in [0.717, 1.165) is 5.92 Å². The van der Waals surface area contributed by atoms with E-state index in [0.29, 0.717) is 16.9 Å². The quantitative estimate of drug-likeness (QED) is 0.544. The first-order chi connectivity index (χ1) is 4.47. The predicted molar refractivity (Wildman–Crippen MR) is 42.6 cm³/mol. The maximum atomic E-state index is 5.92. The second-order valence-corrected chi connectivity index (χ2v) is 5.07. The highest BCUT2D eigenvalue weighted by Gasteiger charge is 2.65. The Morgan fingerprint density at radius 1 is 1.30 bits per heavy atom. The van der Waals surface area contributed by atoms with E-state index in [4.69, 9.17) is 5.73 Å². The summed E-state index contributed by atoms with van der Waals surface area (Å²) in [4.78, 5) is 0. The van der Waals surface area contributed by atoms with E-state index in [-0.39, 0.29) is 0 Å². The van der Waals surface area contributed by atoms with Crippen molar-refractivity contribution in [1.29, 1.82) is 0 Å². The minimum atomic E-state index is 0.505. The summed E-state index contributed by atoms with van der Waals surface area (Å²) >= 11 is 0. The van der Waals surface area contributed by atoms with Crippen LogP contribution in [0.5, 0.6) is 0 Å². The standard InChI is InChI=1S/C9H17N/c1-8(2)5-9(3)6(8)4-7(9)10/h6-7H,4-5,10H2,1-3H3/t6-,7+,9?/m1/s1. The van der Waals surface area contributed by atoms with Crippen molar-refractivity contribution in [2.24, 2.45) is 22.5 Å². The Morgan fingerprint density at radius 2 is 1.90 bits per heavy atom. The Balaban J connectivity index is 2.14. The second-order valence-electron chi connectivity index (χ2n) is 5.07. The third-order valence-electron chi connectivity index (χ3n) is 3.91. The van der Waals surface area contributed by atoms with Crippen LogP contribution >= 0.6 is 0 Å². The highest BCUT2D eigenvalue weighted by atomic mass is 14.8. The van der Waals surface area contributed by atoms with Gasteiger partial charge in [0.15, 0.2) is 0 Å². The zero-order valence-corrected chi connectivity index (χ0v) is 7.15. The van der Waals surface area contributed by atoms with E-state index in [2.05, 4.69) is 20.8 Å². The smallest absolute Gasteiger partial charge is 0.00990 e. The van der Waals surface area contributed by atoms with E-state index in [1.54, 1.807) is 0 Å². The molecule has 2 fully saturated rings. The van der Waals surface area contributed by atoms with Crippen LogP contribution in [-0.2, 0) is 0 Å². The van der Waals surface area contributed by atoms with Crippen LogP contribution in [0.25, 0.3) is 0 Å². The molecule has 0 saturated heterocycles. The first-order valence-corrected chi connectivity index (χ1v) is 4.22. The molecule has 0 heterocycles. The van der Waals surface area contributed by atoms with Gasteiger partial charge < -0.3 is 5.73 Å². The van der Waals surface area contributed by atoms with E-state index < -0.39 is 0 Å². The maximum Gasteiger partial charge on any atom is 0.00990 e. The van der Waals surface area contributed by atoms with Gasteiger partial charge in [0, 0.05) is 6.04 Å². The monoisotopic (exact) mass is 139 g/mol. The fraction of sp³-hybridized carbons (Fsp3) is 1.00. The average molecular weight is 139 g/mol. The van der Waals surface area contributed by atoms with Gasteiger partial charge in [0.05, 0.1) is 0 Å². The lowest BCUT2D eigenvalue weighted by atomic mass is 9.36. The lowest BCUT2D eigenvalue weighted by Crippen LogP contribution is -2.69. The van der Waals surface area contributed by atoms with Gasteiger partial charge in [0.25, 0.3) is 0 Å². The molecule has 0 aliphatic heterocycles. The third-order valence-corrected chi connectivity index (χ3v) is 3.91. The molecule has 2 saturated carbocycles. The number of hydrogen-bond donors (Lipinski definition) is 1. The molecule has 2 N–H and O–H groups in total. The topological polar surface area (TPSA) is 26.0 Å². The minimum Gasteiger partial charge on any atom is -0.327 e. The van der Waals surface area contributed by atoms with Crippen LogP contribution in [0.15, 0.2) is 0 Å². The van der Waals surface area contributed by atoms with Crippen molar-refractivity contribution in [3.8, 4) is 0 Å². The SMILES string of the molecule is CC1(C)CC2(C)[C@@H]1C[C@@H]2N. The molecule has 0 bridgehead atoms. The van der Waals surface area contributed by atoms with Crippen molar-refractivity contribution < 1.29 is 0 Å². The summed E-state index contributed by atoms with van der Waals surface area (Å²) in [5.41, 5.74) is 7.05. The number of nitrogens with two attached hydrogens (primary N) is 1. The summed E-state index contributed by atoms with van der Waals surface area (Å²) in [6.45, 7) is 7.08. The van der Waals surface area contributed by atoms with Gasteiger partial charge in [-0.3, -0.25) is 0 Å². The van der Waals surface area contributed by atoms with Crippen molar-refractivity contribution in [2.75, 3.05) is 0 Å². The van der Waals surface area contributed by atoms with Gasteiger partial charge in [-0.25, -0.2) is 0 Å². The van der Waals surface area contributed by atoms with Crippen LogP contribution < -0.4 is 5.73 Å². The van der Waals surface area contributed by atoms with Crippen LogP contribution in [-0.4, -0.2) is 6.04 Å². The van der Waals surface area contributed by atoms with E-state index in [1.807, 2.05) is 0 Å². The molecule has 58 valence electrons. The Bertz CT molecular complexity index is 174. The van der Waals surface area contributed by atoms with Crippen molar-refractivity contribution in [3.05, 3.63) is 0 Å². The summed E-state index contributed by atoms with van der Waals surface area (Å²) in [7, 11) is 0. The molecule has 1 unspecified atom stereocenters. The van der Waals surface area contributed by atoms with Crippen LogP contribution in [0, 0.1) is 16.7 Å². The van der Waals surface area contributed by atoms with Crippen molar-refractivity contribution in [2.45, 2.75) is 39.7 Å². The van der Waals surface area contributed by atoms with E-state index in [1.165, 1.54) is 12.8 Å². The van der Waals surface area contributed by atoms with Gasteiger partial charge in [0.2, 0.25) is 0 Å². The lowest BCUT2D eigenvalue weighted by molar-refractivity contribution is -0.188. The number of rotatable bonds is 0. The zero-order valence-electron chi connectivity index (χ0n) is 7.15. The summed E-state index contributed by atoms with van der Waals surface area (Å²) in [6.07, 6.45) is 2.61. The largest absolute Gasteiger partial charge is 0.327 e. The summed E-state index contributed by atoms with van der Waals surface area (Å²) in [5, 5.41) is 0. The molecule has 2 rings (SSSR count). The Labute approximate surface area is 63.0 Å². The van der Waals surface area contributed by atoms with Crippen molar-refractivity contribution in [3.63, 3.8) is 0 Å². The van der Waals surface area contributed by atoms with Gasteiger partial charge >= 0.3 is 0 Å². The molecule has 1 nitrogen and oxygen atoms in total. The fourth-order valence-electron chi connectivity index (χ4n) is 3.33. The molecule has 10 heavy (non-hydrogen) atoms. The molecule has 0 aromatic heterocycles. The molecule has 0 aromatic rings. The Morgan fingerprint density at radius 3 is 2.00 bits per heavy atom. The fourth-order valence-corrected chi connectivity index (χ4v) is 3.33. The zero-order chi connectivity index (χ0) is 7.57. The summed E-state index contributed by atoms with van der Waals surface area (Å²) in [6, 6.07) is 0.505. The predicted octanol–water partition coefficient (Wildman–Crippen LogP) is 1.77. The lowest BCUT2D eigenvalue weighted by Gasteiger charge is -2.70. The molecular formula is C9H17N. The van der Waals surface area contributed by atoms with Gasteiger partial charge in [-0.05, 0) is 29.6 Å². The molecule has 2 aliphatic carbocycles. The first kappa shape index (κ1) is 6.66. The number of fused-ring (bicyclic) bond motifs is 1. The van der Waals surface area contributed by atoms with Crippen LogP contribution in [0.4, 0.5) is 0 Å². The average Bonchev–Trinajstić information content (AvgIpc) is 1.82. The van der Waals surface area contributed by atoms with Crippen molar-refractivity contribution >= 4 is 0 Å². The van der Waals surface area contributed by atoms with Gasteiger partial charge in [-0.1, -0.05) is 20.8 Å². The van der Waals surface area contributed by atoms with Crippen LogP contribution in [0.1, 0.15) is 33.6 Å². The van der Waals surface area contributed by atoms with E-state index in [9.17, 15) is 0 Å². The van der Waals surface area contributed by atoms with Gasteiger partial charge in [-0.15, -0.1) is 0 Å². The highest BCUT2D eigenvalue weighted by molar-refractivity contribution is 5.16. The first-order valence-electron chi connectivity index (χ1n) is 4.22. The molecule has 0 aromatic carbocycles. The molecule has 2 aliphatic rings. The summed E-state index contributed by atoms with van der Waals surface area (Å²) in [5.74, 6) is 0.926. The van der Waals surface area contributed by atoms with Gasteiger partial charge in [-0.2, -0.15) is 0 Å². The maximum absolute atomic E-state index is 5.92. The van der Waals surface area contributed by atoms with E-state index >= 15 is 0 Å². The molecule has 0 spiro atoms. The molecule has 1 heteroatoms. The molecule has 0 amide bonds. The Kier molecular flexibility index (Phi) is 0.949. The third kappa shape index (κ3) is 0.493. The summed E-state index contributed by atoms with van der Waals surface area (Å²) < 4.78 is 0. The van der Waals surface area contributed by atoms with Crippen molar-refractivity contribution in [1.82, 2.24) is 0 Å². The normalized spacial score (nSPS) is 56.4. The highest BCUT2D eigenvalue weighted by Crippen LogP contribution is 2.69. The van der Waals surface area contributed by atoms with Crippen LogP contribution in [0.3, 0.4) is 0 Å². The second kappa shape index (κ2) is 1.42. The van der Waals surface area contributed by atoms with Crippen LogP contribution in [0.2, 0.25) is 0 Å². The number of hydrogen-bond acceptors (Lipinski definition) is 1. The molecule has 3 atom stereocenters. The Hall–Kier alpha value is -0.0400. The van der Waals surface area contributed by atoms with Gasteiger partial charge in [0.1, 0.15) is 0 Å². The minimum absolute atomic E-state index is 0.505.